The zero-order valence-electron chi connectivity index (χ0n) is 24.4. The maximum Gasteiger partial charge on any atom is 0.253 e. The Bertz CT molecular complexity index is 1230. The molecule has 41 heavy (non-hydrogen) atoms. The zero-order chi connectivity index (χ0) is 29.4. The Labute approximate surface area is 247 Å². The quantitative estimate of drug-likeness (QED) is 0.328. The van der Waals surface area contributed by atoms with Crippen molar-refractivity contribution < 1.29 is 24.2 Å². The van der Waals surface area contributed by atoms with Crippen molar-refractivity contribution in [1.82, 2.24) is 9.80 Å². The van der Waals surface area contributed by atoms with E-state index >= 15 is 0 Å². The highest BCUT2D eigenvalue weighted by molar-refractivity contribution is 6.34. The molecule has 5 atom stereocenters. The molecule has 1 unspecified atom stereocenters. The number of anilines is 1. The molecule has 5 rings (SSSR count). The highest BCUT2D eigenvalue weighted by atomic mass is 35.5. The minimum absolute atomic E-state index is 0.0821. The van der Waals surface area contributed by atoms with Crippen LogP contribution in [0.1, 0.15) is 57.9 Å². The monoisotopic (exact) mass is 583 g/mol. The van der Waals surface area contributed by atoms with Gasteiger partial charge in [0, 0.05) is 32.8 Å². The molecule has 1 aromatic rings. The first-order valence-corrected chi connectivity index (χ1v) is 15.5. The molecular weight excluding hydrogens is 542 g/mol. The van der Waals surface area contributed by atoms with Gasteiger partial charge in [0.1, 0.15) is 11.6 Å². The lowest BCUT2D eigenvalue weighted by Gasteiger charge is -2.38. The number of aliphatic hydroxyl groups is 1. The van der Waals surface area contributed by atoms with Gasteiger partial charge in [0.15, 0.2) is 0 Å². The Kier molecular flexibility index (Phi) is 8.65. The molecule has 2 saturated heterocycles. The second-order valence-corrected chi connectivity index (χ2v) is 12.1. The van der Waals surface area contributed by atoms with Gasteiger partial charge in [-0.1, -0.05) is 74.7 Å². The zero-order valence-corrected chi connectivity index (χ0v) is 25.1. The minimum Gasteiger partial charge on any atom is -0.396 e. The number of halogens is 1. The Morgan fingerprint density at radius 2 is 1.71 bits per heavy atom. The number of likely N-dealkylation sites (tertiary alicyclic amines) is 1. The van der Waals surface area contributed by atoms with E-state index in [0.717, 1.165) is 24.8 Å². The molecule has 0 saturated carbocycles. The summed E-state index contributed by atoms with van der Waals surface area (Å²) in [5, 5.41) is 9.67. The van der Waals surface area contributed by atoms with Gasteiger partial charge in [0.2, 0.25) is 11.8 Å². The summed E-state index contributed by atoms with van der Waals surface area (Å²) in [6.45, 7) is 7.81. The van der Waals surface area contributed by atoms with Crippen LogP contribution in [0.3, 0.4) is 0 Å². The molecule has 4 aliphatic rings. The molecular formula is C32H42ClN3O5. The molecule has 1 aromatic carbocycles. The number of carbonyl (C=O) groups excluding carboxylic acids is 3. The molecule has 1 spiro atoms. The first kappa shape index (κ1) is 29.8. The van der Waals surface area contributed by atoms with Gasteiger partial charge in [-0.2, -0.15) is 0 Å². The third kappa shape index (κ3) is 4.82. The van der Waals surface area contributed by atoms with E-state index < -0.39 is 29.1 Å². The Balaban J connectivity index is 1.61. The maximum absolute atomic E-state index is 14.7. The molecule has 1 N–H and O–H groups in total. The van der Waals surface area contributed by atoms with Gasteiger partial charge < -0.3 is 24.5 Å². The highest BCUT2D eigenvalue weighted by Crippen LogP contribution is 2.58. The van der Waals surface area contributed by atoms with Crippen LogP contribution < -0.4 is 4.90 Å². The summed E-state index contributed by atoms with van der Waals surface area (Å²) in [4.78, 5) is 48.6. The molecule has 8 nitrogen and oxygen atoms in total. The number of ether oxygens (including phenoxy) is 1. The lowest BCUT2D eigenvalue weighted by molar-refractivity contribution is -0.150. The third-order valence-corrected chi connectivity index (χ3v) is 9.59. The van der Waals surface area contributed by atoms with Crippen LogP contribution in [0.2, 0.25) is 5.02 Å². The average molecular weight is 584 g/mol. The molecule has 222 valence electrons. The molecule has 0 aliphatic carbocycles. The van der Waals surface area contributed by atoms with E-state index in [0.29, 0.717) is 49.6 Å². The minimum atomic E-state index is -1.28. The first-order valence-electron chi connectivity index (χ1n) is 15.1. The van der Waals surface area contributed by atoms with Crippen LogP contribution in [0.15, 0.2) is 42.5 Å². The number of aryl methyl sites for hydroxylation is 1. The lowest BCUT2D eigenvalue weighted by atomic mass is 9.73. The topological polar surface area (TPSA) is 90.4 Å². The molecule has 0 bridgehead atoms. The van der Waals surface area contributed by atoms with Gasteiger partial charge in [0.25, 0.3) is 5.91 Å². The number of nitrogens with zero attached hydrogens (tertiary/aromatic N) is 3. The van der Waals surface area contributed by atoms with Crippen LogP contribution in [0, 0.1) is 18.8 Å². The second kappa shape index (κ2) is 11.9. The summed E-state index contributed by atoms with van der Waals surface area (Å²) in [7, 11) is 0. The number of amides is 3. The molecule has 9 heteroatoms. The van der Waals surface area contributed by atoms with Crippen molar-refractivity contribution in [2.24, 2.45) is 11.8 Å². The Morgan fingerprint density at radius 1 is 0.951 bits per heavy atom. The Hall–Kier alpha value is -2.68. The van der Waals surface area contributed by atoms with Crippen LogP contribution in [0.25, 0.3) is 0 Å². The fourth-order valence-corrected chi connectivity index (χ4v) is 7.76. The standard InChI is InChI=1S/C32H42ClN3O5/c1-4-17-34-18-11-15-31(5-2)24(28(34)38)25-29(39)36(19-8-6-7-9-21-37)27-30(40)35(20-12-16-32(25,27)41-31)26-22(3)13-10-14-23(26)33/h10-16,24-25,27,37H,4-9,17-21H2,1-3H3/t24-,25+,27?,31+,32+/m1/s1. The average Bonchev–Trinajstić information content (AvgIpc) is 3.24. The predicted octanol–water partition coefficient (Wildman–Crippen LogP) is 4.27. The maximum atomic E-state index is 14.7. The van der Waals surface area contributed by atoms with Gasteiger partial charge >= 0.3 is 0 Å². The van der Waals surface area contributed by atoms with Gasteiger partial charge in [-0.05, 0) is 44.2 Å². The number of unbranched alkanes of at least 4 members (excludes halogenated alkanes) is 3. The van der Waals surface area contributed by atoms with Crippen LogP contribution in [-0.2, 0) is 19.1 Å². The third-order valence-electron chi connectivity index (χ3n) is 9.28. The number of benzene rings is 1. The van der Waals surface area contributed by atoms with Crippen LogP contribution in [-0.4, -0.2) is 82.7 Å². The van der Waals surface area contributed by atoms with Crippen molar-refractivity contribution in [1.29, 1.82) is 0 Å². The van der Waals surface area contributed by atoms with Crippen molar-refractivity contribution in [3.63, 3.8) is 0 Å². The number of carbonyl (C=O) groups is 3. The molecule has 2 fully saturated rings. The van der Waals surface area contributed by atoms with E-state index in [9.17, 15) is 19.5 Å². The van der Waals surface area contributed by atoms with E-state index in [-0.39, 0.29) is 30.9 Å². The lowest BCUT2D eigenvalue weighted by Crippen LogP contribution is -2.56. The smallest absolute Gasteiger partial charge is 0.253 e. The molecule has 4 heterocycles. The van der Waals surface area contributed by atoms with E-state index in [2.05, 4.69) is 0 Å². The molecule has 0 aromatic heterocycles. The normalized spacial score (nSPS) is 30.9. The number of hydrogen-bond donors (Lipinski definition) is 1. The first-order chi connectivity index (χ1) is 19.8. The summed E-state index contributed by atoms with van der Waals surface area (Å²) >= 11 is 6.65. The molecule has 3 amide bonds. The Morgan fingerprint density at radius 3 is 2.41 bits per heavy atom. The van der Waals surface area contributed by atoms with E-state index in [1.807, 2.05) is 62.1 Å². The van der Waals surface area contributed by atoms with Gasteiger partial charge in [-0.3, -0.25) is 14.4 Å². The number of fused-ring (bicyclic) bond motifs is 2. The summed E-state index contributed by atoms with van der Waals surface area (Å²) in [5.74, 6) is -2.07. The van der Waals surface area contributed by atoms with Crippen LogP contribution >= 0.6 is 11.6 Å². The summed E-state index contributed by atoms with van der Waals surface area (Å²) < 4.78 is 7.04. The van der Waals surface area contributed by atoms with Crippen molar-refractivity contribution in [2.75, 3.05) is 37.7 Å². The van der Waals surface area contributed by atoms with Crippen molar-refractivity contribution in [2.45, 2.75) is 76.5 Å². The van der Waals surface area contributed by atoms with E-state index in [4.69, 9.17) is 16.3 Å². The summed E-state index contributed by atoms with van der Waals surface area (Å²) in [6.07, 6.45) is 12.1. The van der Waals surface area contributed by atoms with Crippen molar-refractivity contribution >= 4 is 35.0 Å². The van der Waals surface area contributed by atoms with E-state index in [1.54, 1.807) is 15.9 Å². The van der Waals surface area contributed by atoms with Crippen LogP contribution in [0.4, 0.5) is 5.69 Å². The SMILES string of the molecule is CCCN1CC=C[C@]2(CC)O[C@]34C=CCN(c5c(C)cccc5Cl)C(=O)C3N(CCCCCCO)C(=O)[C@@H]4[C@@H]2C1=O. The number of para-hydroxylation sites is 1. The van der Waals surface area contributed by atoms with Crippen LogP contribution in [0.5, 0.6) is 0 Å². The van der Waals surface area contributed by atoms with Gasteiger partial charge in [-0.25, -0.2) is 0 Å². The number of rotatable bonds is 10. The fraction of sp³-hybridized carbons (Fsp3) is 0.594. The largest absolute Gasteiger partial charge is 0.396 e. The molecule has 4 aliphatic heterocycles. The molecule has 0 radical (unpaired) electrons. The summed E-state index contributed by atoms with van der Waals surface area (Å²) in [6, 6.07) is 4.62. The predicted molar refractivity (Wildman–Crippen MR) is 159 cm³/mol. The van der Waals surface area contributed by atoms with E-state index in [1.165, 1.54) is 0 Å². The number of aliphatic hydroxyl groups excluding tert-OH is 1. The van der Waals surface area contributed by atoms with Gasteiger partial charge in [-0.15, -0.1) is 0 Å². The van der Waals surface area contributed by atoms with Crippen molar-refractivity contribution in [3.05, 3.63) is 53.1 Å². The summed E-state index contributed by atoms with van der Waals surface area (Å²) in [5.41, 5.74) is -0.769. The second-order valence-electron chi connectivity index (χ2n) is 11.7. The van der Waals surface area contributed by atoms with Gasteiger partial charge in [0.05, 0.1) is 28.1 Å². The fourth-order valence-electron chi connectivity index (χ4n) is 7.43. The highest BCUT2D eigenvalue weighted by Gasteiger charge is 2.75. The number of hydrogen-bond acceptors (Lipinski definition) is 5. The van der Waals surface area contributed by atoms with Crippen molar-refractivity contribution in [3.8, 4) is 0 Å².